The van der Waals surface area contributed by atoms with Crippen molar-refractivity contribution in [2.75, 3.05) is 11.9 Å². The van der Waals surface area contributed by atoms with Crippen molar-refractivity contribution in [2.45, 2.75) is 46.7 Å². The van der Waals surface area contributed by atoms with Crippen LogP contribution in [-0.4, -0.2) is 17.1 Å². The average Bonchev–Trinajstić information content (AvgIpc) is 2.20. The zero-order valence-electron chi connectivity index (χ0n) is 12.0. The Bertz CT molecular complexity index is 383. The third-order valence-electron chi connectivity index (χ3n) is 2.27. The lowest BCUT2D eigenvalue weighted by atomic mass is 10.1. The summed E-state index contributed by atoms with van der Waals surface area (Å²) in [4.78, 5) is 4.55. The summed E-state index contributed by atoms with van der Waals surface area (Å²) < 4.78 is 0. The van der Waals surface area contributed by atoms with Gasteiger partial charge >= 0.3 is 0 Å². The van der Waals surface area contributed by atoms with Crippen molar-refractivity contribution in [1.82, 2.24) is 10.3 Å². The maximum atomic E-state index is 6.15. The van der Waals surface area contributed by atoms with Crippen LogP contribution in [0.4, 0.5) is 5.82 Å². The number of aromatic nitrogens is 1. The van der Waals surface area contributed by atoms with Gasteiger partial charge in [0.15, 0.2) is 0 Å². The lowest BCUT2D eigenvalue weighted by Gasteiger charge is -2.22. The number of hydrogen-bond acceptors (Lipinski definition) is 3. The number of halogens is 1. The Morgan fingerprint density at radius 3 is 2.50 bits per heavy atom. The van der Waals surface area contributed by atoms with Gasteiger partial charge in [-0.3, -0.25) is 0 Å². The van der Waals surface area contributed by atoms with Crippen molar-refractivity contribution in [3.63, 3.8) is 0 Å². The van der Waals surface area contributed by atoms with Crippen molar-refractivity contribution in [1.29, 1.82) is 0 Å². The zero-order valence-corrected chi connectivity index (χ0v) is 12.7. The van der Waals surface area contributed by atoms with Crippen molar-refractivity contribution < 1.29 is 0 Å². The van der Waals surface area contributed by atoms with Crippen molar-refractivity contribution in [2.24, 2.45) is 5.92 Å². The normalized spacial score (nSPS) is 11.9. The van der Waals surface area contributed by atoms with Gasteiger partial charge in [-0.2, -0.15) is 0 Å². The minimum atomic E-state index is 0.00343. The molecule has 18 heavy (non-hydrogen) atoms. The molecule has 0 saturated heterocycles. The molecule has 4 heteroatoms. The van der Waals surface area contributed by atoms with Gasteiger partial charge in [0.25, 0.3) is 0 Å². The summed E-state index contributed by atoms with van der Waals surface area (Å²) in [5.74, 6) is 1.49. The van der Waals surface area contributed by atoms with Crippen LogP contribution in [-0.2, 0) is 6.54 Å². The minimum Gasteiger partial charge on any atom is -0.365 e. The maximum Gasteiger partial charge on any atom is 0.126 e. The molecule has 0 aliphatic heterocycles. The van der Waals surface area contributed by atoms with Gasteiger partial charge in [0.05, 0.1) is 10.7 Å². The van der Waals surface area contributed by atoms with Gasteiger partial charge in [-0.25, -0.2) is 4.98 Å². The Kier molecular flexibility index (Phi) is 5.42. The predicted molar refractivity (Wildman–Crippen MR) is 79.2 cm³/mol. The van der Waals surface area contributed by atoms with Crippen molar-refractivity contribution in [3.8, 4) is 0 Å². The molecule has 1 aromatic heterocycles. The highest BCUT2D eigenvalue weighted by Crippen LogP contribution is 2.19. The standard InChI is InChI=1S/C14H24ClN3/c1-10(2)8-16-9-12-11(15)6-7-13(17-12)18-14(3,4)5/h6-7,10,16H,8-9H2,1-5H3,(H,17,18). The van der Waals surface area contributed by atoms with Gasteiger partial charge in [-0.15, -0.1) is 0 Å². The van der Waals surface area contributed by atoms with E-state index in [1.54, 1.807) is 0 Å². The van der Waals surface area contributed by atoms with Crippen LogP contribution in [0.1, 0.15) is 40.3 Å². The van der Waals surface area contributed by atoms with Gasteiger partial charge in [0.1, 0.15) is 5.82 Å². The fourth-order valence-electron chi connectivity index (χ4n) is 1.54. The van der Waals surface area contributed by atoms with E-state index in [0.29, 0.717) is 17.5 Å². The molecule has 0 aliphatic carbocycles. The number of pyridine rings is 1. The van der Waals surface area contributed by atoms with E-state index in [0.717, 1.165) is 18.1 Å². The molecule has 102 valence electrons. The van der Waals surface area contributed by atoms with E-state index in [1.165, 1.54) is 0 Å². The average molecular weight is 270 g/mol. The molecule has 0 amide bonds. The Morgan fingerprint density at radius 1 is 1.28 bits per heavy atom. The summed E-state index contributed by atoms with van der Waals surface area (Å²) in [6, 6.07) is 3.81. The number of nitrogens with one attached hydrogen (secondary N) is 2. The van der Waals surface area contributed by atoms with Crippen LogP contribution in [0.2, 0.25) is 5.02 Å². The summed E-state index contributed by atoms with van der Waals surface area (Å²) in [7, 11) is 0. The van der Waals surface area contributed by atoms with Crippen molar-refractivity contribution >= 4 is 17.4 Å². The van der Waals surface area contributed by atoms with E-state index in [9.17, 15) is 0 Å². The van der Waals surface area contributed by atoms with Gasteiger partial charge in [-0.05, 0) is 45.4 Å². The van der Waals surface area contributed by atoms with E-state index in [2.05, 4.69) is 50.2 Å². The van der Waals surface area contributed by atoms with E-state index in [4.69, 9.17) is 11.6 Å². The summed E-state index contributed by atoms with van der Waals surface area (Å²) in [5, 5.41) is 7.42. The van der Waals surface area contributed by atoms with Crippen LogP contribution in [0.3, 0.4) is 0 Å². The molecule has 1 aromatic rings. The molecule has 0 aliphatic rings. The second-order valence-corrected chi connectivity index (χ2v) is 6.43. The third kappa shape index (κ3) is 5.69. The van der Waals surface area contributed by atoms with E-state index in [-0.39, 0.29) is 5.54 Å². The third-order valence-corrected chi connectivity index (χ3v) is 2.61. The first-order chi connectivity index (χ1) is 8.28. The van der Waals surface area contributed by atoms with E-state index >= 15 is 0 Å². The van der Waals surface area contributed by atoms with Crippen LogP contribution in [0.15, 0.2) is 12.1 Å². The maximum absolute atomic E-state index is 6.15. The van der Waals surface area contributed by atoms with E-state index < -0.39 is 0 Å². The Hall–Kier alpha value is -0.800. The van der Waals surface area contributed by atoms with Gasteiger partial charge in [0, 0.05) is 12.1 Å². The Balaban J connectivity index is 2.69. The lowest BCUT2D eigenvalue weighted by Crippen LogP contribution is -2.27. The number of nitrogens with zero attached hydrogens (tertiary/aromatic N) is 1. The van der Waals surface area contributed by atoms with Crippen LogP contribution >= 0.6 is 11.6 Å². The molecule has 0 unspecified atom stereocenters. The Labute approximate surface area is 115 Å². The van der Waals surface area contributed by atoms with Crippen LogP contribution < -0.4 is 10.6 Å². The molecule has 0 saturated carbocycles. The molecule has 1 heterocycles. The highest BCUT2D eigenvalue weighted by atomic mass is 35.5. The summed E-state index contributed by atoms with van der Waals surface area (Å²) in [5.41, 5.74) is 0.898. The fraction of sp³-hybridized carbons (Fsp3) is 0.643. The smallest absolute Gasteiger partial charge is 0.126 e. The SMILES string of the molecule is CC(C)CNCc1nc(NC(C)(C)C)ccc1Cl. The van der Waals surface area contributed by atoms with Crippen LogP contribution in [0.25, 0.3) is 0 Å². The number of anilines is 1. The molecular weight excluding hydrogens is 246 g/mol. The molecule has 2 N–H and O–H groups in total. The minimum absolute atomic E-state index is 0.00343. The first-order valence-corrected chi connectivity index (χ1v) is 6.80. The molecule has 0 spiro atoms. The van der Waals surface area contributed by atoms with Gasteiger partial charge in [0.2, 0.25) is 0 Å². The number of rotatable bonds is 5. The predicted octanol–water partition coefficient (Wildman–Crippen LogP) is 3.69. The van der Waals surface area contributed by atoms with E-state index in [1.807, 2.05) is 12.1 Å². The largest absolute Gasteiger partial charge is 0.365 e. The highest BCUT2D eigenvalue weighted by molar-refractivity contribution is 6.31. The van der Waals surface area contributed by atoms with Crippen LogP contribution in [0.5, 0.6) is 0 Å². The molecule has 0 radical (unpaired) electrons. The fourth-order valence-corrected chi connectivity index (χ4v) is 1.71. The van der Waals surface area contributed by atoms with Gasteiger partial charge in [-0.1, -0.05) is 25.4 Å². The number of hydrogen-bond donors (Lipinski definition) is 2. The zero-order chi connectivity index (χ0) is 13.8. The summed E-state index contributed by atoms with van der Waals surface area (Å²) >= 11 is 6.15. The molecule has 0 bridgehead atoms. The molecule has 1 rings (SSSR count). The quantitative estimate of drug-likeness (QED) is 0.856. The molecule has 3 nitrogen and oxygen atoms in total. The van der Waals surface area contributed by atoms with Crippen LogP contribution in [0, 0.1) is 5.92 Å². The first-order valence-electron chi connectivity index (χ1n) is 6.42. The lowest BCUT2D eigenvalue weighted by molar-refractivity contribution is 0.548. The second kappa shape index (κ2) is 6.39. The topological polar surface area (TPSA) is 37.0 Å². The summed E-state index contributed by atoms with van der Waals surface area (Å²) in [6.07, 6.45) is 0. The van der Waals surface area contributed by atoms with Crippen molar-refractivity contribution in [3.05, 3.63) is 22.8 Å². The second-order valence-electron chi connectivity index (χ2n) is 6.02. The highest BCUT2D eigenvalue weighted by Gasteiger charge is 2.11. The molecule has 0 atom stereocenters. The first kappa shape index (κ1) is 15.3. The summed E-state index contributed by atoms with van der Waals surface area (Å²) in [6.45, 7) is 12.4. The Morgan fingerprint density at radius 2 is 1.94 bits per heavy atom. The molecular formula is C14H24ClN3. The monoisotopic (exact) mass is 269 g/mol. The molecule has 0 aromatic carbocycles. The molecule has 0 fully saturated rings. The van der Waals surface area contributed by atoms with Gasteiger partial charge < -0.3 is 10.6 Å².